The summed E-state index contributed by atoms with van der Waals surface area (Å²) in [4.78, 5) is 16.8. The molecule has 2 aromatic carbocycles. The highest BCUT2D eigenvalue weighted by Gasteiger charge is 2.31. The smallest absolute Gasteiger partial charge is 0.349 e. The van der Waals surface area contributed by atoms with Crippen LogP contribution in [0.15, 0.2) is 66.0 Å². The highest BCUT2D eigenvalue weighted by Crippen LogP contribution is 2.32. The Morgan fingerprint density at radius 3 is 2.35 bits per heavy atom. The number of amides is 1. The summed E-state index contributed by atoms with van der Waals surface area (Å²) in [5, 5.41) is 2.21. The number of aromatic nitrogens is 2. The van der Waals surface area contributed by atoms with Gasteiger partial charge in [-0.2, -0.15) is 13.2 Å². The Kier molecular flexibility index (Phi) is 7.04. The Morgan fingerprint density at radius 1 is 1.10 bits per heavy atom. The second-order valence-corrected chi connectivity index (χ2v) is 8.34. The number of benzene rings is 2. The number of halogens is 4. The minimum Gasteiger partial charge on any atom is -0.349 e. The number of rotatable bonds is 7. The predicted octanol–water partition coefficient (Wildman–Crippen LogP) is 5.61. The van der Waals surface area contributed by atoms with Gasteiger partial charge in [0.05, 0.1) is 23.2 Å². The SMILES string of the molecule is CC(Sc1ncc(-c2ccccc2)n1CC(F)(F)F)C(=O)NC(C)c1ccc(F)cc1. The zero-order valence-electron chi connectivity index (χ0n) is 16.9. The monoisotopic (exact) mass is 451 g/mol. The van der Waals surface area contributed by atoms with Crippen LogP contribution in [0, 0.1) is 5.82 Å². The van der Waals surface area contributed by atoms with E-state index < -0.39 is 18.0 Å². The van der Waals surface area contributed by atoms with E-state index >= 15 is 0 Å². The molecule has 9 heteroatoms. The van der Waals surface area contributed by atoms with Crippen molar-refractivity contribution in [1.82, 2.24) is 14.9 Å². The molecule has 1 N–H and O–H groups in total. The van der Waals surface area contributed by atoms with Gasteiger partial charge in [0.25, 0.3) is 0 Å². The van der Waals surface area contributed by atoms with E-state index in [2.05, 4.69) is 10.3 Å². The lowest BCUT2D eigenvalue weighted by atomic mass is 10.1. The zero-order chi connectivity index (χ0) is 22.6. The number of nitrogens with one attached hydrogen (secondary N) is 1. The average molecular weight is 451 g/mol. The molecule has 0 aliphatic rings. The summed E-state index contributed by atoms with van der Waals surface area (Å²) in [6, 6.07) is 14.0. The summed E-state index contributed by atoms with van der Waals surface area (Å²) in [7, 11) is 0. The molecule has 0 bridgehead atoms. The van der Waals surface area contributed by atoms with Crippen LogP contribution in [-0.2, 0) is 11.3 Å². The standard InChI is InChI=1S/C22H21F4N3OS/c1-14(16-8-10-18(23)11-9-16)28-20(30)15(2)31-21-27-12-19(17-6-4-3-5-7-17)29(21)13-22(24,25)26/h3-12,14-15H,13H2,1-2H3,(H,28,30). The quantitative estimate of drug-likeness (QED) is 0.375. The molecule has 1 heterocycles. The molecule has 1 amide bonds. The molecule has 0 saturated carbocycles. The molecule has 0 radical (unpaired) electrons. The average Bonchev–Trinajstić information content (AvgIpc) is 3.09. The Morgan fingerprint density at radius 2 is 1.74 bits per heavy atom. The fraction of sp³-hybridized carbons (Fsp3) is 0.273. The van der Waals surface area contributed by atoms with Gasteiger partial charge in [0, 0.05) is 0 Å². The van der Waals surface area contributed by atoms with E-state index in [0.717, 1.165) is 21.9 Å². The molecule has 31 heavy (non-hydrogen) atoms. The summed E-state index contributed by atoms with van der Waals surface area (Å²) in [5.41, 5.74) is 1.65. The number of imidazole rings is 1. The van der Waals surface area contributed by atoms with E-state index in [-0.39, 0.29) is 22.9 Å². The zero-order valence-corrected chi connectivity index (χ0v) is 17.7. The molecule has 2 atom stereocenters. The fourth-order valence-electron chi connectivity index (χ4n) is 3.00. The molecule has 3 aromatic rings. The van der Waals surface area contributed by atoms with Gasteiger partial charge in [0.1, 0.15) is 12.4 Å². The first-order valence-corrected chi connectivity index (χ1v) is 10.4. The Balaban J connectivity index is 1.77. The van der Waals surface area contributed by atoms with Crippen LogP contribution in [0.4, 0.5) is 17.6 Å². The normalized spacial score (nSPS) is 13.6. The lowest BCUT2D eigenvalue weighted by molar-refractivity contribution is -0.141. The molecule has 4 nitrogen and oxygen atoms in total. The topological polar surface area (TPSA) is 46.9 Å². The summed E-state index contributed by atoms with van der Waals surface area (Å²) in [6.45, 7) is 2.15. The predicted molar refractivity (Wildman–Crippen MR) is 112 cm³/mol. The van der Waals surface area contributed by atoms with Gasteiger partial charge in [0.2, 0.25) is 5.91 Å². The van der Waals surface area contributed by atoms with Gasteiger partial charge in [-0.3, -0.25) is 4.79 Å². The van der Waals surface area contributed by atoms with Crippen molar-refractivity contribution in [3.63, 3.8) is 0 Å². The first-order valence-electron chi connectivity index (χ1n) is 9.54. The number of nitrogens with zero attached hydrogens (tertiary/aromatic N) is 2. The van der Waals surface area contributed by atoms with Crippen molar-refractivity contribution >= 4 is 17.7 Å². The third-order valence-corrected chi connectivity index (χ3v) is 5.71. The van der Waals surface area contributed by atoms with Crippen molar-refractivity contribution in [1.29, 1.82) is 0 Å². The van der Waals surface area contributed by atoms with Crippen molar-refractivity contribution in [2.24, 2.45) is 0 Å². The van der Waals surface area contributed by atoms with Crippen LogP contribution < -0.4 is 5.32 Å². The van der Waals surface area contributed by atoms with E-state index in [1.807, 2.05) is 0 Å². The van der Waals surface area contributed by atoms with Gasteiger partial charge in [0.15, 0.2) is 5.16 Å². The first-order chi connectivity index (χ1) is 14.6. The van der Waals surface area contributed by atoms with Crippen LogP contribution >= 0.6 is 11.8 Å². The molecule has 1 aromatic heterocycles. The van der Waals surface area contributed by atoms with Gasteiger partial charge in [-0.15, -0.1) is 0 Å². The van der Waals surface area contributed by atoms with Gasteiger partial charge in [-0.1, -0.05) is 54.2 Å². The van der Waals surface area contributed by atoms with Gasteiger partial charge in [-0.05, 0) is 37.1 Å². The lowest BCUT2D eigenvalue weighted by Gasteiger charge is -2.19. The molecule has 0 aliphatic carbocycles. The third-order valence-electron chi connectivity index (χ3n) is 4.61. The molecular weight excluding hydrogens is 430 g/mol. The number of thioether (sulfide) groups is 1. The fourth-order valence-corrected chi connectivity index (χ4v) is 3.90. The van der Waals surface area contributed by atoms with Gasteiger partial charge >= 0.3 is 6.18 Å². The Labute approximate surface area is 181 Å². The second kappa shape index (κ2) is 9.55. The second-order valence-electron chi connectivity index (χ2n) is 7.04. The molecule has 3 rings (SSSR count). The largest absolute Gasteiger partial charge is 0.406 e. The summed E-state index contributed by atoms with van der Waals surface area (Å²) >= 11 is 0.954. The molecular formula is C22H21F4N3OS. The number of carbonyl (C=O) groups excluding carboxylic acids is 1. The molecule has 0 fully saturated rings. The molecule has 0 aliphatic heterocycles. The van der Waals surface area contributed by atoms with Crippen molar-refractivity contribution in [3.05, 3.63) is 72.2 Å². The maximum Gasteiger partial charge on any atom is 0.406 e. The maximum atomic E-state index is 13.2. The van der Waals surface area contributed by atoms with Crippen molar-refractivity contribution < 1.29 is 22.4 Å². The summed E-state index contributed by atoms with van der Waals surface area (Å²) in [6.07, 6.45) is -3.06. The van der Waals surface area contributed by atoms with Gasteiger partial charge < -0.3 is 9.88 Å². The van der Waals surface area contributed by atoms with E-state index in [4.69, 9.17) is 0 Å². The molecule has 0 spiro atoms. The molecule has 164 valence electrons. The minimum atomic E-state index is -4.44. The van der Waals surface area contributed by atoms with Crippen LogP contribution in [0.1, 0.15) is 25.5 Å². The number of hydrogen-bond acceptors (Lipinski definition) is 3. The van der Waals surface area contributed by atoms with Crippen molar-refractivity contribution in [2.45, 2.75) is 43.0 Å². The van der Waals surface area contributed by atoms with Crippen molar-refractivity contribution in [2.75, 3.05) is 0 Å². The Hall–Kier alpha value is -2.81. The van der Waals surface area contributed by atoms with E-state index in [1.165, 1.54) is 18.3 Å². The molecule has 0 saturated heterocycles. The summed E-state index contributed by atoms with van der Waals surface area (Å²) in [5.74, 6) is -0.735. The van der Waals surface area contributed by atoms with Gasteiger partial charge in [-0.25, -0.2) is 9.37 Å². The van der Waals surface area contributed by atoms with Crippen molar-refractivity contribution in [3.8, 4) is 11.3 Å². The van der Waals surface area contributed by atoms with Crippen LogP contribution in [0.5, 0.6) is 0 Å². The lowest BCUT2D eigenvalue weighted by Crippen LogP contribution is -2.33. The minimum absolute atomic E-state index is 0.105. The third kappa shape index (κ3) is 6.10. The highest BCUT2D eigenvalue weighted by atomic mass is 32.2. The maximum absolute atomic E-state index is 13.2. The van der Waals surface area contributed by atoms with Crippen LogP contribution in [0.2, 0.25) is 0 Å². The van der Waals surface area contributed by atoms with Crippen LogP contribution in [0.25, 0.3) is 11.3 Å². The van der Waals surface area contributed by atoms with Crippen LogP contribution in [-0.4, -0.2) is 26.9 Å². The first kappa shape index (κ1) is 22.9. The van der Waals surface area contributed by atoms with E-state index in [1.54, 1.807) is 56.3 Å². The van der Waals surface area contributed by atoms with E-state index in [9.17, 15) is 22.4 Å². The molecule has 2 unspecified atom stereocenters. The van der Waals surface area contributed by atoms with E-state index in [0.29, 0.717) is 11.3 Å². The Bertz CT molecular complexity index is 1020. The highest BCUT2D eigenvalue weighted by molar-refractivity contribution is 8.00. The summed E-state index contributed by atoms with van der Waals surface area (Å²) < 4.78 is 53.8. The number of hydrogen-bond donors (Lipinski definition) is 1. The van der Waals surface area contributed by atoms with Crippen LogP contribution in [0.3, 0.4) is 0 Å². The number of carbonyl (C=O) groups is 1. The number of alkyl halides is 3.